The highest BCUT2D eigenvalue weighted by atomic mass is 16.3. The molecular formula is C16H16N2O2. The van der Waals surface area contributed by atoms with Gasteiger partial charge in [-0.25, -0.2) is 0 Å². The van der Waals surface area contributed by atoms with Crippen LogP contribution in [0.4, 0.5) is 0 Å². The van der Waals surface area contributed by atoms with E-state index in [0.717, 1.165) is 22.2 Å². The summed E-state index contributed by atoms with van der Waals surface area (Å²) in [7, 11) is 1.91. The minimum absolute atomic E-state index is 0.0977. The summed E-state index contributed by atoms with van der Waals surface area (Å²) >= 11 is 0. The summed E-state index contributed by atoms with van der Waals surface area (Å²) in [5.41, 5.74) is 2.91. The van der Waals surface area contributed by atoms with E-state index in [4.69, 9.17) is 4.42 Å². The maximum atomic E-state index is 12.3. The Balaban J connectivity index is 1.88. The third-order valence-electron chi connectivity index (χ3n) is 3.49. The van der Waals surface area contributed by atoms with Crippen LogP contribution in [0, 0.1) is 6.92 Å². The lowest BCUT2D eigenvalue weighted by Crippen LogP contribution is -2.24. The first kappa shape index (κ1) is 12.5. The van der Waals surface area contributed by atoms with Crippen molar-refractivity contribution in [3.63, 3.8) is 0 Å². The third-order valence-corrected chi connectivity index (χ3v) is 3.49. The molecule has 4 heteroatoms. The molecule has 0 radical (unpaired) electrons. The number of para-hydroxylation sites is 1. The van der Waals surface area contributed by atoms with E-state index in [-0.39, 0.29) is 5.91 Å². The molecule has 1 aromatic carbocycles. The van der Waals surface area contributed by atoms with Crippen LogP contribution < -0.4 is 5.32 Å². The van der Waals surface area contributed by atoms with Gasteiger partial charge in [0.25, 0.3) is 5.91 Å². The van der Waals surface area contributed by atoms with Gasteiger partial charge in [-0.1, -0.05) is 18.2 Å². The van der Waals surface area contributed by atoms with Gasteiger partial charge in [-0.2, -0.15) is 0 Å². The Morgan fingerprint density at radius 1 is 1.30 bits per heavy atom. The summed E-state index contributed by atoms with van der Waals surface area (Å²) < 4.78 is 7.14. The number of hydrogen-bond acceptors (Lipinski definition) is 2. The van der Waals surface area contributed by atoms with Crippen molar-refractivity contribution < 1.29 is 9.21 Å². The number of furan rings is 1. The van der Waals surface area contributed by atoms with Crippen molar-refractivity contribution in [2.24, 2.45) is 7.05 Å². The molecule has 0 saturated carbocycles. The topological polar surface area (TPSA) is 47.2 Å². The van der Waals surface area contributed by atoms with Gasteiger partial charge in [0.15, 0.2) is 0 Å². The SMILES string of the molecule is Cc1cccc2cc(C(=O)NCc3ccco3)n(C)c12. The molecule has 1 amide bonds. The van der Waals surface area contributed by atoms with Gasteiger partial charge in [0.1, 0.15) is 11.5 Å². The van der Waals surface area contributed by atoms with Crippen LogP contribution in [0.15, 0.2) is 47.1 Å². The van der Waals surface area contributed by atoms with E-state index in [1.807, 2.05) is 54.9 Å². The lowest BCUT2D eigenvalue weighted by atomic mass is 10.2. The summed E-state index contributed by atoms with van der Waals surface area (Å²) in [6.45, 7) is 2.44. The third kappa shape index (κ3) is 2.09. The summed E-state index contributed by atoms with van der Waals surface area (Å²) in [5.74, 6) is 0.646. The highest BCUT2D eigenvalue weighted by Crippen LogP contribution is 2.22. The van der Waals surface area contributed by atoms with E-state index < -0.39 is 0 Å². The van der Waals surface area contributed by atoms with E-state index in [2.05, 4.69) is 5.32 Å². The molecule has 3 aromatic rings. The molecule has 0 bridgehead atoms. The van der Waals surface area contributed by atoms with Crippen molar-refractivity contribution in [2.75, 3.05) is 0 Å². The number of nitrogens with zero attached hydrogens (tertiary/aromatic N) is 1. The van der Waals surface area contributed by atoms with Gasteiger partial charge >= 0.3 is 0 Å². The Labute approximate surface area is 117 Å². The van der Waals surface area contributed by atoms with Crippen molar-refractivity contribution in [3.05, 3.63) is 59.7 Å². The van der Waals surface area contributed by atoms with Crippen molar-refractivity contribution in [1.29, 1.82) is 0 Å². The molecule has 0 aliphatic heterocycles. The maximum Gasteiger partial charge on any atom is 0.268 e. The molecule has 0 aliphatic carbocycles. The maximum absolute atomic E-state index is 12.3. The fourth-order valence-corrected chi connectivity index (χ4v) is 2.51. The van der Waals surface area contributed by atoms with Crippen LogP contribution in [0.3, 0.4) is 0 Å². The molecule has 0 aliphatic rings. The number of amides is 1. The second-order valence-corrected chi connectivity index (χ2v) is 4.86. The molecule has 20 heavy (non-hydrogen) atoms. The molecule has 0 fully saturated rings. The van der Waals surface area contributed by atoms with Crippen LogP contribution in [0.2, 0.25) is 0 Å². The van der Waals surface area contributed by atoms with Crippen molar-refractivity contribution in [2.45, 2.75) is 13.5 Å². The summed E-state index contributed by atoms with van der Waals surface area (Å²) in [5, 5.41) is 3.95. The van der Waals surface area contributed by atoms with E-state index in [1.165, 1.54) is 0 Å². The number of fused-ring (bicyclic) bond motifs is 1. The Hall–Kier alpha value is -2.49. The van der Waals surface area contributed by atoms with Gasteiger partial charge in [0.05, 0.1) is 18.3 Å². The standard InChI is InChI=1S/C16H16N2O2/c1-11-5-3-6-12-9-14(18(2)15(11)12)16(19)17-10-13-7-4-8-20-13/h3-9H,10H2,1-2H3,(H,17,19). The average molecular weight is 268 g/mol. The number of aryl methyl sites for hydroxylation is 2. The first-order chi connectivity index (χ1) is 9.66. The van der Waals surface area contributed by atoms with Crippen molar-refractivity contribution in [3.8, 4) is 0 Å². The minimum Gasteiger partial charge on any atom is -0.467 e. The van der Waals surface area contributed by atoms with E-state index in [0.29, 0.717) is 12.2 Å². The molecule has 3 rings (SSSR count). The zero-order valence-corrected chi connectivity index (χ0v) is 11.5. The lowest BCUT2D eigenvalue weighted by molar-refractivity contribution is 0.0940. The van der Waals surface area contributed by atoms with Gasteiger partial charge in [-0.3, -0.25) is 4.79 Å². The number of benzene rings is 1. The number of carbonyl (C=O) groups excluding carboxylic acids is 1. The molecule has 102 valence electrons. The lowest BCUT2D eigenvalue weighted by Gasteiger charge is -2.06. The number of carbonyl (C=O) groups is 1. The predicted octanol–water partition coefficient (Wildman–Crippen LogP) is 3.01. The smallest absolute Gasteiger partial charge is 0.268 e. The molecular weight excluding hydrogens is 252 g/mol. The first-order valence-corrected chi connectivity index (χ1v) is 6.52. The van der Waals surface area contributed by atoms with Gasteiger partial charge in [0.2, 0.25) is 0 Å². The van der Waals surface area contributed by atoms with Crippen LogP contribution in [0.1, 0.15) is 21.8 Å². The molecule has 0 spiro atoms. The molecule has 1 N–H and O–H groups in total. The summed E-state index contributed by atoms with van der Waals surface area (Å²) in [4.78, 5) is 12.3. The van der Waals surface area contributed by atoms with Gasteiger partial charge < -0.3 is 14.3 Å². The van der Waals surface area contributed by atoms with Crippen LogP contribution in [0.25, 0.3) is 10.9 Å². The largest absolute Gasteiger partial charge is 0.467 e. The van der Waals surface area contributed by atoms with Gasteiger partial charge in [-0.15, -0.1) is 0 Å². The molecule has 0 atom stereocenters. The van der Waals surface area contributed by atoms with Crippen molar-refractivity contribution >= 4 is 16.8 Å². The highest BCUT2D eigenvalue weighted by molar-refractivity contribution is 5.99. The Morgan fingerprint density at radius 2 is 2.15 bits per heavy atom. The molecule has 4 nitrogen and oxygen atoms in total. The first-order valence-electron chi connectivity index (χ1n) is 6.52. The van der Waals surface area contributed by atoms with E-state index in [1.54, 1.807) is 6.26 Å². The average Bonchev–Trinajstić information content (AvgIpc) is 3.05. The van der Waals surface area contributed by atoms with Gasteiger partial charge in [-0.05, 0) is 30.7 Å². The highest BCUT2D eigenvalue weighted by Gasteiger charge is 2.14. The molecule has 0 unspecified atom stereocenters. The van der Waals surface area contributed by atoms with Crippen LogP contribution in [-0.2, 0) is 13.6 Å². The quantitative estimate of drug-likeness (QED) is 0.793. The predicted molar refractivity (Wildman–Crippen MR) is 77.5 cm³/mol. The van der Waals surface area contributed by atoms with Crippen LogP contribution in [0.5, 0.6) is 0 Å². The van der Waals surface area contributed by atoms with Crippen LogP contribution in [-0.4, -0.2) is 10.5 Å². The molecule has 2 aromatic heterocycles. The Kier molecular flexibility index (Phi) is 3.06. The fourth-order valence-electron chi connectivity index (χ4n) is 2.51. The monoisotopic (exact) mass is 268 g/mol. The number of aromatic nitrogens is 1. The van der Waals surface area contributed by atoms with Crippen LogP contribution >= 0.6 is 0 Å². The Morgan fingerprint density at radius 3 is 2.85 bits per heavy atom. The normalized spacial score (nSPS) is 10.9. The number of nitrogens with one attached hydrogen (secondary N) is 1. The second kappa shape index (κ2) is 4.89. The minimum atomic E-state index is -0.0977. The zero-order chi connectivity index (χ0) is 14.1. The zero-order valence-electron chi connectivity index (χ0n) is 11.5. The Bertz CT molecular complexity index is 754. The summed E-state index contributed by atoms with van der Waals surface area (Å²) in [6.07, 6.45) is 1.60. The van der Waals surface area contributed by atoms with Crippen molar-refractivity contribution in [1.82, 2.24) is 9.88 Å². The fraction of sp³-hybridized carbons (Fsp3) is 0.188. The van der Waals surface area contributed by atoms with Gasteiger partial charge in [0, 0.05) is 12.4 Å². The second-order valence-electron chi connectivity index (χ2n) is 4.86. The molecule has 2 heterocycles. The summed E-state index contributed by atoms with van der Waals surface area (Å²) in [6, 6.07) is 11.6. The van der Waals surface area contributed by atoms with E-state index in [9.17, 15) is 4.79 Å². The van der Waals surface area contributed by atoms with E-state index >= 15 is 0 Å². The number of hydrogen-bond donors (Lipinski definition) is 1. The molecule has 0 saturated heterocycles. The number of rotatable bonds is 3.